The number of likely N-dealkylation sites (tertiary alicyclic amines) is 1. The highest BCUT2D eigenvalue weighted by Crippen LogP contribution is 2.23. The summed E-state index contributed by atoms with van der Waals surface area (Å²) in [6.07, 6.45) is 4.50. The largest absolute Gasteiger partial charge is 0.374 e. The van der Waals surface area contributed by atoms with Crippen molar-refractivity contribution < 1.29 is 0 Å². The molecule has 0 unspecified atom stereocenters. The molecule has 0 amide bonds. The van der Waals surface area contributed by atoms with Crippen molar-refractivity contribution in [1.29, 1.82) is 0 Å². The van der Waals surface area contributed by atoms with Crippen LogP contribution in [0.1, 0.15) is 24.1 Å². The van der Waals surface area contributed by atoms with Crippen molar-refractivity contribution in [3.05, 3.63) is 23.5 Å². The molecule has 106 valence electrons. The number of hydrogen-bond donors (Lipinski definition) is 1. The van der Waals surface area contributed by atoms with E-state index < -0.39 is 0 Å². The standard InChI is InChI=1S/C15H26N4/c1-12-8-15(14(9-16)10-17-12)19(3)11-13-4-6-18(2)7-5-13/h8,10,13H,4-7,9,11,16H2,1-3H3. The Morgan fingerprint density at radius 1 is 1.42 bits per heavy atom. The number of pyridine rings is 1. The summed E-state index contributed by atoms with van der Waals surface area (Å²) in [4.78, 5) is 9.11. The Bertz CT molecular complexity index is 411. The second kappa shape index (κ2) is 6.35. The van der Waals surface area contributed by atoms with E-state index in [0.717, 1.165) is 23.7 Å². The lowest BCUT2D eigenvalue weighted by atomic mass is 9.96. The normalized spacial score (nSPS) is 17.7. The zero-order valence-corrected chi connectivity index (χ0v) is 12.4. The summed E-state index contributed by atoms with van der Waals surface area (Å²) < 4.78 is 0. The minimum atomic E-state index is 0.556. The van der Waals surface area contributed by atoms with E-state index in [2.05, 4.69) is 34.9 Å². The fraction of sp³-hybridized carbons (Fsp3) is 0.667. The van der Waals surface area contributed by atoms with E-state index in [1.165, 1.54) is 31.6 Å². The van der Waals surface area contributed by atoms with Gasteiger partial charge in [-0.3, -0.25) is 4.98 Å². The number of aryl methyl sites for hydroxylation is 1. The van der Waals surface area contributed by atoms with Gasteiger partial charge in [-0.1, -0.05) is 0 Å². The monoisotopic (exact) mass is 262 g/mol. The van der Waals surface area contributed by atoms with Crippen LogP contribution >= 0.6 is 0 Å². The molecule has 0 aliphatic carbocycles. The maximum atomic E-state index is 5.82. The molecule has 4 nitrogen and oxygen atoms in total. The van der Waals surface area contributed by atoms with Gasteiger partial charge in [-0.05, 0) is 51.9 Å². The van der Waals surface area contributed by atoms with Crippen LogP contribution in [0.15, 0.2) is 12.3 Å². The van der Waals surface area contributed by atoms with Crippen molar-refractivity contribution in [1.82, 2.24) is 9.88 Å². The van der Waals surface area contributed by atoms with Gasteiger partial charge in [-0.15, -0.1) is 0 Å². The first kappa shape index (κ1) is 14.3. The van der Waals surface area contributed by atoms with Gasteiger partial charge in [0.05, 0.1) is 0 Å². The topological polar surface area (TPSA) is 45.4 Å². The first-order valence-corrected chi connectivity index (χ1v) is 7.15. The van der Waals surface area contributed by atoms with E-state index in [9.17, 15) is 0 Å². The Balaban J connectivity index is 2.03. The average Bonchev–Trinajstić information content (AvgIpc) is 2.41. The van der Waals surface area contributed by atoms with Crippen molar-refractivity contribution in [2.75, 3.05) is 38.6 Å². The van der Waals surface area contributed by atoms with E-state index in [1.54, 1.807) is 0 Å². The van der Waals surface area contributed by atoms with E-state index >= 15 is 0 Å². The van der Waals surface area contributed by atoms with Crippen molar-refractivity contribution in [2.45, 2.75) is 26.3 Å². The fourth-order valence-electron chi connectivity index (χ4n) is 2.82. The van der Waals surface area contributed by atoms with Gasteiger partial charge < -0.3 is 15.5 Å². The first-order valence-electron chi connectivity index (χ1n) is 7.15. The summed E-state index contributed by atoms with van der Waals surface area (Å²) in [7, 11) is 4.38. The summed E-state index contributed by atoms with van der Waals surface area (Å²) in [6, 6.07) is 2.15. The predicted octanol–water partition coefficient (Wildman–Crippen LogP) is 1.63. The summed E-state index contributed by atoms with van der Waals surface area (Å²) in [5, 5.41) is 0. The molecule has 19 heavy (non-hydrogen) atoms. The fourth-order valence-corrected chi connectivity index (χ4v) is 2.82. The van der Waals surface area contributed by atoms with E-state index in [4.69, 9.17) is 5.73 Å². The van der Waals surface area contributed by atoms with Crippen molar-refractivity contribution in [3.8, 4) is 0 Å². The number of nitrogens with zero attached hydrogens (tertiary/aromatic N) is 3. The summed E-state index contributed by atoms with van der Waals surface area (Å²) >= 11 is 0. The van der Waals surface area contributed by atoms with Crippen LogP contribution in [0.2, 0.25) is 0 Å². The van der Waals surface area contributed by atoms with E-state index in [1.807, 2.05) is 13.1 Å². The maximum absolute atomic E-state index is 5.82. The van der Waals surface area contributed by atoms with Gasteiger partial charge in [0.25, 0.3) is 0 Å². The Morgan fingerprint density at radius 3 is 2.74 bits per heavy atom. The highest BCUT2D eigenvalue weighted by Gasteiger charge is 2.19. The Kier molecular flexibility index (Phi) is 4.77. The average molecular weight is 262 g/mol. The van der Waals surface area contributed by atoms with Gasteiger partial charge in [-0.25, -0.2) is 0 Å². The molecule has 4 heteroatoms. The van der Waals surface area contributed by atoms with Gasteiger partial charge in [0.15, 0.2) is 0 Å². The molecule has 1 fully saturated rings. The molecule has 1 saturated heterocycles. The van der Waals surface area contributed by atoms with Gasteiger partial charge in [0, 0.05) is 43.3 Å². The molecule has 0 aromatic carbocycles. The molecule has 2 rings (SSSR count). The molecule has 0 atom stereocenters. The van der Waals surface area contributed by atoms with Crippen molar-refractivity contribution >= 4 is 5.69 Å². The molecule has 1 aromatic rings. The number of aromatic nitrogens is 1. The van der Waals surface area contributed by atoms with Crippen LogP contribution in [0.3, 0.4) is 0 Å². The van der Waals surface area contributed by atoms with Gasteiger partial charge >= 0.3 is 0 Å². The molecule has 0 radical (unpaired) electrons. The number of rotatable bonds is 4. The SMILES string of the molecule is Cc1cc(N(C)CC2CCN(C)CC2)c(CN)cn1. The van der Waals surface area contributed by atoms with Crippen LogP contribution in [0.25, 0.3) is 0 Å². The summed E-state index contributed by atoms with van der Waals surface area (Å²) in [6.45, 7) is 6.15. The molecule has 0 bridgehead atoms. The first-order chi connectivity index (χ1) is 9.10. The quantitative estimate of drug-likeness (QED) is 0.896. The third-order valence-corrected chi connectivity index (χ3v) is 4.10. The zero-order valence-electron chi connectivity index (χ0n) is 12.4. The third-order valence-electron chi connectivity index (χ3n) is 4.10. The smallest absolute Gasteiger partial charge is 0.0442 e. The Hall–Kier alpha value is -1.13. The van der Waals surface area contributed by atoms with Crippen LogP contribution < -0.4 is 10.6 Å². The molecular formula is C15H26N4. The van der Waals surface area contributed by atoms with Crippen LogP contribution in [0.4, 0.5) is 5.69 Å². The van der Waals surface area contributed by atoms with E-state index in [0.29, 0.717) is 6.54 Å². The lowest BCUT2D eigenvalue weighted by molar-refractivity contribution is 0.222. The summed E-state index contributed by atoms with van der Waals surface area (Å²) in [5.74, 6) is 0.792. The van der Waals surface area contributed by atoms with E-state index in [-0.39, 0.29) is 0 Å². The number of hydrogen-bond acceptors (Lipinski definition) is 4. The molecule has 1 aliphatic rings. The molecule has 0 spiro atoms. The number of piperidine rings is 1. The second-order valence-corrected chi connectivity index (χ2v) is 5.79. The molecule has 0 saturated carbocycles. The minimum Gasteiger partial charge on any atom is -0.374 e. The number of anilines is 1. The predicted molar refractivity (Wildman–Crippen MR) is 80.4 cm³/mol. The van der Waals surface area contributed by atoms with Gasteiger partial charge in [0.1, 0.15) is 0 Å². The summed E-state index contributed by atoms with van der Waals surface area (Å²) in [5.41, 5.74) is 9.26. The van der Waals surface area contributed by atoms with Gasteiger partial charge in [-0.2, -0.15) is 0 Å². The zero-order chi connectivity index (χ0) is 13.8. The van der Waals surface area contributed by atoms with Crippen molar-refractivity contribution in [2.24, 2.45) is 11.7 Å². The third kappa shape index (κ3) is 3.67. The van der Waals surface area contributed by atoms with Crippen molar-refractivity contribution in [3.63, 3.8) is 0 Å². The highest BCUT2D eigenvalue weighted by molar-refractivity contribution is 5.53. The Labute approximate surface area is 116 Å². The van der Waals surface area contributed by atoms with Crippen LogP contribution in [-0.4, -0.2) is 43.6 Å². The molecule has 2 heterocycles. The second-order valence-electron chi connectivity index (χ2n) is 5.79. The lowest BCUT2D eigenvalue weighted by Gasteiger charge is -2.33. The van der Waals surface area contributed by atoms with Gasteiger partial charge in [0.2, 0.25) is 0 Å². The van der Waals surface area contributed by atoms with Crippen LogP contribution in [0, 0.1) is 12.8 Å². The maximum Gasteiger partial charge on any atom is 0.0442 e. The minimum absolute atomic E-state index is 0.556. The van der Waals surface area contributed by atoms with Crippen LogP contribution in [-0.2, 0) is 6.54 Å². The molecular weight excluding hydrogens is 236 g/mol. The Morgan fingerprint density at radius 2 is 2.11 bits per heavy atom. The number of nitrogens with two attached hydrogens (primary N) is 1. The molecule has 2 N–H and O–H groups in total. The highest BCUT2D eigenvalue weighted by atomic mass is 15.1. The molecule has 1 aromatic heterocycles. The lowest BCUT2D eigenvalue weighted by Crippen LogP contribution is -2.36. The van der Waals surface area contributed by atoms with Crippen LogP contribution in [0.5, 0.6) is 0 Å². The molecule has 1 aliphatic heterocycles.